The second-order valence-corrected chi connectivity index (χ2v) is 15.3. The van der Waals surface area contributed by atoms with Gasteiger partial charge < -0.3 is 19.9 Å². The number of para-hydroxylation sites is 1. The number of benzene rings is 1. The summed E-state index contributed by atoms with van der Waals surface area (Å²) in [5.74, 6) is 0.586. The molecular weight excluding hydrogens is 612 g/mol. The summed E-state index contributed by atoms with van der Waals surface area (Å²) >= 11 is 1.43. The third kappa shape index (κ3) is 7.76. The van der Waals surface area contributed by atoms with Crippen LogP contribution in [0.3, 0.4) is 0 Å². The molecule has 0 radical (unpaired) electrons. The van der Waals surface area contributed by atoms with Crippen LogP contribution >= 0.6 is 11.3 Å². The van der Waals surface area contributed by atoms with E-state index in [4.69, 9.17) is 9.73 Å². The van der Waals surface area contributed by atoms with E-state index in [9.17, 15) is 17.6 Å². The largest absolute Gasteiger partial charge is 0.359 e. The van der Waals surface area contributed by atoms with Crippen LogP contribution in [0.1, 0.15) is 61.2 Å². The van der Waals surface area contributed by atoms with Crippen LogP contribution in [0.15, 0.2) is 71.3 Å². The van der Waals surface area contributed by atoms with Gasteiger partial charge in [0.1, 0.15) is 18.4 Å². The Morgan fingerprint density at radius 2 is 2.13 bits per heavy atom. The summed E-state index contributed by atoms with van der Waals surface area (Å²) in [4.78, 5) is 24.0. The Hall–Kier alpha value is -3.28. The fraction of sp³-hybridized carbons (Fsp3) is 0.471. The molecule has 45 heavy (non-hydrogen) atoms. The number of fused-ring (bicyclic) bond motifs is 3. The molecule has 0 saturated carbocycles. The first-order chi connectivity index (χ1) is 21.6. The first-order valence-electron chi connectivity index (χ1n) is 15.7. The van der Waals surface area contributed by atoms with Crippen LogP contribution in [0.2, 0.25) is 0 Å². The number of carbonyl (C=O) groups excluding carboxylic acids is 1. The molecule has 3 aliphatic heterocycles. The highest BCUT2D eigenvalue weighted by Crippen LogP contribution is 2.41. The molecule has 8 nitrogen and oxygen atoms in total. The molecule has 0 bridgehead atoms. The lowest BCUT2D eigenvalue weighted by atomic mass is 10.0. The van der Waals surface area contributed by atoms with Crippen LogP contribution in [0.5, 0.6) is 0 Å². The predicted molar refractivity (Wildman–Crippen MR) is 181 cm³/mol. The van der Waals surface area contributed by atoms with Crippen molar-refractivity contribution in [2.24, 2.45) is 10.9 Å². The lowest BCUT2D eigenvalue weighted by Crippen LogP contribution is -2.38. The number of halogens is 1. The van der Waals surface area contributed by atoms with Gasteiger partial charge in [0.15, 0.2) is 9.84 Å². The summed E-state index contributed by atoms with van der Waals surface area (Å²) in [6.45, 7) is 8.96. The summed E-state index contributed by atoms with van der Waals surface area (Å²) in [7, 11) is -1.02. The zero-order chi connectivity index (χ0) is 32.1. The average Bonchev–Trinajstić information content (AvgIpc) is 3.60. The summed E-state index contributed by atoms with van der Waals surface area (Å²) in [6.07, 6.45) is 7.40. The normalized spacial score (nSPS) is 20.2. The summed E-state index contributed by atoms with van der Waals surface area (Å²) in [5.41, 5.74) is 4.35. The van der Waals surface area contributed by atoms with E-state index in [1.165, 1.54) is 17.4 Å². The molecule has 4 heterocycles. The second-order valence-electron chi connectivity index (χ2n) is 12.0. The van der Waals surface area contributed by atoms with Crippen molar-refractivity contribution in [2.75, 3.05) is 43.3 Å². The zero-order valence-corrected chi connectivity index (χ0v) is 28.0. The molecule has 11 heteroatoms. The first-order valence-corrected chi connectivity index (χ1v) is 18.3. The van der Waals surface area contributed by atoms with Crippen molar-refractivity contribution in [3.05, 3.63) is 76.7 Å². The Labute approximate surface area is 270 Å². The second kappa shape index (κ2) is 14.4. The van der Waals surface area contributed by atoms with Gasteiger partial charge in [0.05, 0.1) is 34.4 Å². The van der Waals surface area contributed by atoms with Gasteiger partial charge in [-0.15, -0.1) is 17.9 Å². The number of nitrogens with one attached hydrogen (secondary N) is 1. The minimum Gasteiger partial charge on any atom is -0.359 e. The lowest BCUT2D eigenvalue weighted by molar-refractivity contribution is 0.0964. The van der Waals surface area contributed by atoms with Crippen LogP contribution in [0.4, 0.5) is 10.1 Å². The highest BCUT2D eigenvalue weighted by molar-refractivity contribution is 7.91. The van der Waals surface area contributed by atoms with E-state index in [0.717, 1.165) is 52.5 Å². The molecule has 0 spiro atoms. The standard InChI is InChI=1S/C34H43FN4O4S2/c1-5-10-28(35)32(23(3)6-2)37-34(40)30-19-24-15-17-39(29-13-8-7-12-27(29)33(24)44-30)22-43-20-25-11-9-14-31(36-25)38(4)26-16-18-45(41,42)21-26/h5,7-8,11-13,19,23,26H,1,6,9-10,14-18,20-22H2,2-4H3,(H,37,40)/b32-28-. The Morgan fingerprint density at radius 3 is 2.87 bits per heavy atom. The van der Waals surface area contributed by atoms with Crippen molar-refractivity contribution in [1.29, 1.82) is 0 Å². The number of aliphatic imine (C=N–C) groups is 1. The maximum atomic E-state index is 14.8. The maximum absolute atomic E-state index is 14.8. The molecule has 242 valence electrons. The van der Waals surface area contributed by atoms with Crippen LogP contribution in [0, 0.1) is 5.92 Å². The molecule has 1 N–H and O–H groups in total. The van der Waals surface area contributed by atoms with Crippen molar-refractivity contribution >= 4 is 38.6 Å². The van der Waals surface area contributed by atoms with Crippen LogP contribution in [0.25, 0.3) is 10.4 Å². The van der Waals surface area contributed by atoms with Gasteiger partial charge in [-0.25, -0.2) is 17.8 Å². The molecule has 1 saturated heterocycles. The van der Waals surface area contributed by atoms with E-state index in [1.54, 1.807) is 0 Å². The number of amides is 1. The fourth-order valence-corrected chi connectivity index (χ4v) is 8.94. The number of thiophene rings is 1. The van der Waals surface area contributed by atoms with Crippen LogP contribution in [-0.2, 0) is 21.0 Å². The number of amidine groups is 1. The van der Waals surface area contributed by atoms with Crippen LogP contribution in [-0.4, -0.2) is 69.5 Å². The zero-order valence-electron chi connectivity index (χ0n) is 26.4. The van der Waals surface area contributed by atoms with Gasteiger partial charge in [-0.2, -0.15) is 0 Å². The quantitative estimate of drug-likeness (QED) is 0.279. The van der Waals surface area contributed by atoms with E-state index in [0.29, 0.717) is 43.3 Å². The smallest absolute Gasteiger partial charge is 0.265 e. The van der Waals surface area contributed by atoms with E-state index >= 15 is 0 Å². The van der Waals surface area contributed by atoms with Crippen molar-refractivity contribution in [3.8, 4) is 10.4 Å². The molecule has 1 aromatic carbocycles. The summed E-state index contributed by atoms with van der Waals surface area (Å²) < 4.78 is 45.0. The number of carbonyl (C=O) groups is 1. The van der Waals surface area contributed by atoms with Gasteiger partial charge >= 0.3 is 0 Å². The Kier molecular flexibility index (Phi) is 10.6. The minimum atomic E-state index is -2.96. The van der Waals surface area contributed by atoms with Gasteiger partial charge in [-0.05, 0) is 49.3 Å². The Morgan fingerprint density at radius 1 is 1.33 bits per heavy atom. The number of allylic oxidation sites excluding steroid dienone is 4. The van der Waals surface area contributed by atoms with E-state index in [2.05, 4.69) is 35.0 Å². The summed E-state index contributed by atoms with van der Waals surface area (Å²) in [5, 5.41) is 2.87. The molecule has 1 aromatic heterocycles. The van der Waals surface area contributed by atoms with Crippen molar-refractivity contribution in [1.82, 2.24) is 10.2 Å². The molecule has 0 aliphatic carbocycles. The molecule has 1 fully saturated rings. The molecule has 2 atom stereocenters. The number of hydrogen-bond donors (Lipinski definition) is 1. The average molecular weight is 655 g/mol. The van der Waals surface area contributed by atoms with Crippen molar-refractivity contribution < 1.29 is 22.3 Å². The van der Waals surface area contributed by atoms with Gasteiger partial charge in [0.25, 0.3) is 5.91 Å². The maximum Gasteiger partial charge on any atom is 0.265 e. The predicted octanol–water partition coefficient (Wildman–Crippen LogP) is 6.48. The molecule has 5 rings (SSSR count). The first kappa shape index (κ1) is 33.1. The fourth-order valence-electron chi connectivity index (χ4n) is 6.02. The SMILES string of the molecule is C=CC/C(F)=C(/NC(=O)c1cc2c(s1)-c1ccccc1N(COCC1=CCCC(N(C)C3CCS(=O)(=O)C3)=N1)CC2)C(C)CC. The van der Waals surface area contributed by atoms with E-state index in [-0.39, 0.29) is 41.6 Å². The Bertz CT molecular complexity index is 1630. The monoisotopic (exact) mass is 654 g/mol. The van der Waals surface area contributed by atoms with E-state index < -0.39 is 9.84 Å². The Balaban J connectivity index is 1.26. The van der Waals surface area contributed by atoms with Gasteiger partial charge in [-0.1, -0.05) is 44.2 Å². The number of sulfone groups is 1. The lowest BCUT2D eigenvalue weighted by Gasteiger charge is -2.29. The topological polar surface area (TPSA) is 91.3 Å². The third-order valence-corrected chi connectivity index (χ3v) is 11.8. The number of nitrogens with zero attached hydrogens (tertiary/aromatic N) is 3. The van der Waals surface area contributed by atoms with Crippen molar-refractivity contribution in [3.63, 3.8) is 0 Å². The number of rotatable bonds is 11. The van der Waals surface area contributed by atoms with Gasteiger partial charge in [-0.3, -0.25) is 4.79 Å². The summed E-state index contributed by atoms with van der Waals surface area (Å²) in [6, 6.07) is 10.1. The molecular formula is C34H43FN4O4S2. The van der Waals surface area contributed by atoms with E-state index in [1.807, 2.05) is 44.0 Å². The minimum absolute atomic E-state index is 0.0209. The highest BCUT2D eigenvalue weighted by atomic mass is 32.2. The number of hydrogen-bond acceptors (Lipinski definition) is 8. The third-order valence-electron chi connectivity index (χ3n) is 8.82. The molecule has 3 aliphatic rings. The highest BCUT2D eigenvalue weighted by Gasteiger charge is 2.32. The van der Waals surface area contributed by atoms with Gasteiger partial charge in [0, 0.05) is 48.6 Å². The van der Waals surface area contributed by atoms with Crippen molar-refractivity contribution in [2.45, 2.75) is 58.4 Å². The number of anilines is 1. The number of ether oxygens (including phenoxy) is 1. The molecule has 2 unspecified atom stereocenters. The molecule has 1 amide bonds. The molecule has 2 aromatic rings. The van der Waals surface area contributed by atoms with Crippen LogP contribution < -0.4 is 10.2 Å². The van der Waals surface area contributed by atoms with Gasteiger partial charge in [0.2, 0.25) is 0 Å².